The summed E-state index contributed by atoms with van der Waals surface area (Å²) in [6.45, 7) is 1.68. The molecule has 1 saturated heterocycles. The largest absolute Gasteiger partial charge is 0.497 e. The third-order valence-corrected chi connectivity index (χ3v) is 6.99. The van der Waals surface area contributed by atoms with Gasteiger partial charge < -0.3 is 14.2 Å². The van der Waals surface area contributed by atoms with E-state index in [9.17, 15) is 4.79 Å². The molecular weight excluding hydrogens is 352 g/mol. The van der Waals surface area contributed by atoms with E-state index in [-0.39, 0.29) is 11.3 Å². The number of rotatable bonds is 6. The van der Waals surface area contributed by atoms with Crippen LogP contribution in [-0.2, 0) is 11.2 Å². The van der Waals surface area contributed by atoms with E-state index >= 15 is 0 Å². The molecule has 2 heterocycles. The predicted molar refractivity (Wildman–Crippen MR) is 105 cm³/mol. The van der Waals surface area contributed by atoms with Gasteiger partial charge in [0, 0.05) is 31.5 Å². The number of carbonyl (C=O) groups excluding carboxylic acids is 1. The fraction of sp³-hybridized carbons (Fsp3) is 0.591. The van der Waals surface area contributed by atoms with Crippen molar-refractivity contribution < 1.29 is 9.53 Å². The smallest absolute Gasteiger partial charge is 0.222 e. The summed E-state index contributed by atoms with van der Waals surface area (Å²) in [5.41, 5.74) is 1.41. The van der Waals surface area contributed by atoms with E-state index in [1.807, 2.05) is 30.6 Å². The van der Waals surface area contributed by atoms with Gasteiger partial charge in [-0.3, -0.25) is 4.79 Å². The van der Waals surface area contributed by atoms with Crippen molar-refractivity contribution in [3.63, 3.8) is 0 Å². The molecule has 148 valence electrons. The van der Waals surface area contributed by atoms with Crippen molar-refractivity contribution in [2.24, 2.45) is 5.41 Å². The van der Waals surface area contributed by atoms with Crippen molar-refractivity contribution in [1.82, 2.24) is 19.7 Å². The molecule has 3 fully saturated rings. The summed E-state index contributed by atoms with van der Waals surface area (Å²) in [6, 6.07) is 8.59. The molecule has 3 aliphatic rings. The van der Waals surface area contributed by atoms with Gasteiger partial charge in [0.2, 0.25) is 5.91 Å². The normalized spacial score (nSPS) is 23.0. The second-order valence-corrected chi connectivity index (χ2v) is 8.72. The Morgan fingerprint density at radius 3 is 2.68 bits per heavy atom. The Hall–Kier alpha value is -2.37. The van der Waals surface area contributed by atoms with Gasteiger partial charge in [-0.15, -0.1) is 10.2 Å². The number of nitrogens with zero attached hydrogens (tertiary/aromatic N) is 4. The lowest BCUT2D eigenvalue weighted by molar-refractivity contribution is -0.130. The number of ether oxygens (including phenoxy) is 1. The second-order valence-electron chi connectivity index (χ2n) is 8.72. The predicted octanol–water partition coefficient (Wildman–Crippen LogP) is 3.35. The Morgan fingerprint density at radius 2 is 2.04 bits per heavy atom. The molecule has 5 rings (SSSR count). The van der Waals surface area contributed by atoms with Gasteiger partial charge in [0.15, 0.2) is 0 Å². The van der Waals surface area contributed by atoms with Crippen LogP contribution in [0.2, 0.25) is 0 Å². The molecule has 1 spiro atoms. The Balaban J connectivity index is 1.27. The first-order valence-electron chi connectivity index (χ1n) is 10.5. The van der Waals surface area contributed by atoms with E-state index < -0.39 is 0 Å². The van der Waals surface area contributed by atoms with Crippen molar-refractivity contribution in [3.05, 3.63) is 42.0 Å². The molecule has 2 saturated carbocycles. The molecule has 0 radical (unpaired) electrons. The summed E-state index contributed by atoms with van der Waals surface area (Å²) in [5.74, 6) is 2.58. The number of carbonyl (C=O) groups is 1. The minimum absolute atomic E-state index is 0.232. The first-order chi connectivity index (χ1) is 13.7. The molecule has 1 aromatic carbocycles. The highest BCUT2D eigenvalue weighted by Crippen LogP contribution is 2.56. The minimum Gasteiger partial charge on any atom is -0.497 e. The monoisotopic (exact) mass is 380 g/mol. The van der Waals surface area contributed by atoms with E-state index in [0.29, 0.717) is 18.4 Å². The summed E-state index contributed by atoms with van der Waals surface area (Å²) < 4.78 is 7.50. The Morgan fingerprint density at radius 1 is 1.25 bits per heavy atom. The van der Waals surface area contributed by atoms with Gasteiger partial charge in [-0.05, 0) is 55.2 Å². The number of aryl methyl sites for hydroxylation is 1. The fourth-order valence-corrected chi connectivity index (χ4v) is 4.99. The van der Waals surface area contributed by atoms with Crippen LogP contribution in [0.15, 0.2) is 30.6 Å². The summed E-state index contributed by atoms with van der Waals surface area (Å²) in [6.07, 6.45) is 9.37. The van der Waals surface area contributed by atoms with Crippen LogP contribution in [-0.4, -0.2) is 45.8 Å². The van der Waals surface area contributed by atoms with Crippen LogP contribution in [0.25, 0.3) is 0 Å². The average molecular weight is 380 g/mol. The highest BCUT2D eigenvalue weighted by atomic mass is 16.5. The molecule has 1 unspecified atom stereocenters. The molecule has 6 nitrogen and oxygen atoms in total. The standard InChI is InChI=1S/C22H28N4O2/c1-28-18-8-3-16(4-9-18)5-10-20(27)25-13-19(22(14-25)11-2-12-22)21-24-23-15-26(21)17-6-7-17/h3-4,8-9,15,17,19H,2,5-7,10-14H2,1H3. The zero-order chi connectivity index (χ0) is 19.1. The SMILES string of the molecule is COc1ccc(CCC(=O)N2CC(c3nncn3C3CC3)C3(CCC3)C2)cc1. The van der Waals surface area contributed by atoms with Gasteiger partial charge in [-0.25, -0.2) is 0 Å². The summed E-state index contributed by atoms with van der Waals surface area (Å²) >= 11 is 0. The van der Waals surface area contributed by atoms with Crippen LogP contribution in [0.3, 0.4) is 0 Å². The zero-order valence-electron chi connectivity index (χ0n) is 16.5. The van der Waals surface area contributed by atoms with Crippen LogP contribution in [0, 0.1) is 5.41 Å². The van der Waals surface area contributed by atoms with Crippen molar-refractivity contribution in [3.8, 4) is 5.75 Å². The van der Waals surface area contributed by atoms with Gasteiger partial charge in [0.25, 0.3) is 0 Å². The highest BCUT2D eigenvalue weighted by molar-refractivity contribution is 5.77. The third kappa shape index (κ3) is 3.09. The van der Waals surface area contributed by atoms with E-state index in [0.717, 1.165) is 31.1 Å². The number of hydrogen-bond donors (Lipinski definition) is 0. The maximum atomic E-state index is 13.0. The molecule has 2 aliphatic carbocycles. The number of amides is 1. The van der Waals surface area contributed by atoms with Crippen molar-refractivity contribution in [2.75, 3.05) is 20.2 Å². The molecule has 0 N–H and O–H groups in total. The highest BCUT2D eigenvalue weighted by Gasteiger charge is 2.53. The Bertz CT molecular complexity index is 852. The van der Waals surface area contributed by atoms with E-state index in [1.54, 1.807) is 7.11 Å². The van der Waals surface area contributed by atoms with E-state index in [2.05, 4.69) is 19.7 Å². The molecule has 0 bridgehead atoms. The average Bonchev–Trinajstić information content (AvgIpc) is 3.27. The van der Waals surface area contributed by atoms with Crippen molar-refractivity contribution in [2.45, 2.75) is 56.9 Å². The number of likely N-dealkylation sites (tertiary alicyclic amines) is 1. The summed E-state index contributed by atoms with van der Waals surface area (Å²) in [5, 5.41) is 8.71. The molecule has 2 aromatic rings. The van der Waals surface area contributed by atoms with E-state index in [4.69, 9.17) is 4.74 Å². The Labute approximate surface area is 165 Å². The van der Waals surface area contributed by atoms with Crippen LogP contribution < -0.4 is 4.74 Å². The quantitative estimate of drug-likeness (QED) is 0.771. The van der Waals surface area contributed by atoms with Crippen LogP contribution in [0.4, 0.5) is 0 Å². The zero-order valence-corrected chi connectivity index (χ0v) is 16.5. The summed E-state index contributed by atoms with van der Waals surface area (Å²) in [4.78, 5) is 15.1. The number of hydrogen-bond acceptors (Lipinski definition) is 4. The number of aromatic nitrogens is 3. The Kier molecular flexibility index (Phi) is 4.37. The molecule has 1 aromatic heterocycles. The fourth-order valence-electron chi connectivity index (χ4n) is 4.99. The topological polar surface area (TPSA) is 60.2 Å². The first-order valence-corrected chi connectivity index (χ1v) is 10.5. The minimum atomic E-state index is 0.232. The van der Waals surface area contributed by atoms with Gasteiger partial charge in [-0.1, -0.05) is 18.6 Å². The maximum absolute atomic E-state index is 13.0. The van der Waals surface area contributed by atoms with Gasteiger partial charge in [0.1, 0.15) is 17.9 Å². The molecule has 6 heteroatoms. The molecular formula is C22H28N4O2. The van der Waals surface area contributed by atoms with Crippen LogP contribution in [0.1, 0.15) is 61.9 Å². The van der Waals surface area contributed by atoms with Gasteiger partial charge in [-0.2, -0.15) is 0 Å². The lowest BCUT2D eigenvalue weighted by Crippen LogP contribution is -2.38. The number of methoxy groups -OCH3 is 1. The molecule has 1 amide bonds. The van der Waals surface area contributed by atoms with Crippen LogP contribution in [0.5, 0.6) is 5.75 Å². The van der Waals surface area contributed by atoms with E-state index in [1.165, 1.54) is 37.7 Å². The second kappa shape index (κ2) is 6.90. The van der Waals surface area contributed by atoms with Crippen molar-refractivity contribution >= 4 is 5.91 Å². The van der Waals surface area contributed by atoms with Gasteiger partial charge >= 0.3 is 0 Å². The van der Waals surface area contributed by atoms with Crippen LogP contribution >= 0.6 is 0 Å². The lowest BCUT2D eigenvalue weighted by Gasteiger charge is -2.42. The maximum Gasteiger partial charge on any atom is 0.222 e. The summed E-state index contributed by atoms with van der Waals surface area (Å²) in [7, 11) is 1.67. The molecule has 28 heavy (non-hydrogen) atoms. The lowest BCUT2D eigenvalue weighted by atomic mass is 9.62. The third-order valence-electron chi connectivity index (χ3n) is 6.99. The first kappa shape index (κ1) is 17.7. The van der Waals surface area contributed by atoms with Crippen molar-refractivity contribution in [1.29, 1.82) is 0 Å². The molecule has 1 atom stereocenters. The number of benzene rings is 1. The molecule has 1 aliphatic heterocycles. The van der Waals surface area contributed by atoms with Gasteiger partial charge in [0.05, 0.1) is 7.11 Å².